The van der Waals surface area contributed by atoms with Crippen LogP contribution in [0, 0.1) is 11.8 Å². The number of amides is 1. The maximum atomic E-state index is 12.8. The number of carbonyl (C=O) groups excluding carboxylic acids is 1. The molecule has 1 N–H and O–H groups in total. The monoisotopic (exact) mass is 375 g/mol. The van der Waals surface area contributed by atoms with E-state index in [9.17, 15) is 4.79 Å². The zero-order chi connectivity index (χ0) is 19.6. The maximum Gasteiger partial charge on any atom is 0.237 e. The van der Waals surface area contributed by atoms with Gasteiger partial charge in [0.1, 0.15) is 0 Å². The van der Waals surface area contributed by atoms with Gasteiger partial charge in [-0.05, 0) is 61.2 Å². The number of rotatable bonds is 6. The minimum atomic E-state index is -0.0545. The summed E-state index contributed by atoms with van der Waals surface area (Å²) in [5.74, 6) is 6.46. The number of nitrogens with one attached hydrogen (secondary N) is 1. The molecule has 0 spiro atoms. The van der Waals surface area contributed by atoms with E-state index < -0.39 is 0 Å². The third-order valence-corrected chi connectivity index (χ3v) is 5.08. The van der Waals surface area contributed by atoms with Crippen LogP contribution >= 0.6 is 0 Å². The van der Waals surface area contributed by atoms with Crippen LogP contribution in [-0.4, -0.2) is 28.4 Å². The van der Waals surface area contributed by atoms with Crippen LogP contribution in [0.3, 0.4) is 0 Å². The Hall–Kier alpha value is -2.64. The molecular formula is C24H29N3O. The smallest absolute Gasteiger partial charge is 0.237 e. The van der Waals surface area contributed by atoms with Crippen molar-refractivity contribution in [3.8, 4) is 11.8 Å². The van der Waals surface area contributed by atoms with Crippen molar-refractivity contribution in [3.05, 3.63) is 65.5 Å². The van der Waals surface area contributed by atoms with Crippen molar-refractivity contribution in [1.29, 1.82) is 0 Å². The molecule has 4 heteroatoms. The fraction of sp³-hybridized carbons (Fsp3) is 0.417. The van der Waals surface area contributed by atoms with Crippen molar-refractivity contribution in [3.63, 3.8) is 0 Å². The number of hydrogen-bond acceptors (Lipinski definition) is 3. The van der Waals surface area contributed by atoms with Crippen LogP contribution in [0.4, 0.5) is 0 Å². The molecule has 0 radical (unpaired) electrons. The molecule has 1 fully saturated rings. The van der Waals surface area contributed by atoms with Crippen LogP contribution in [-0.2, 0) is 17.9 Å². The summed E-state index contributed by atoms with van der Waals surface area (Å²) in [4.78, 5) is 19.2. The summed E-state index contributed by atoms with van der Waals surface area (Å²) in [5, 5.41) is 3.13. The van der Waals surface area contributed by atoms with Gasteiger partial charge in [-0.2, -0.15) is 0 Å². The van der Waals surface area contributed by atoms with Crippen molar-refractivity contribution in [2.75, 3.05) is 6.54 Å². The average Bonchev–Trinajstić information content (AvgIpc) is 2.74. The molecule has 1 saturated heterocycles. The van der Waals surface area contributed by atoms with Gasteiger partial charge in [0.15, 0.2) is 0 Å². The number of hydrogen-bond donors (Lipinski definition) is 1. The molecule has 1 atom stereocenters. The first-order chi connectivity index (χ1) is 13.8. The Morgan fingerprint density at radius 1 is 1.14 bits per heavy atom. The minimum absolute atomic E-state index is 0.0545. The highest BCUT2D eigenvalue weighted by Crippen LogP contribution is 2.20. The zero-order valence-electron chi connectivity index (χ0n) is 16.7. The third kappa shape index (κ3) is 5.94. The molecule has 146 valence electrons. The van der Waals surface area contributed by atoms with Crippen LogP contribution in [0.5, 0.6) is 0 Å². The molecule has 0 saturated carbocycles. The van der Waals surface area contributed by atoms with Gasteiger partial charge in [0.25, 0.3) is 0 Å². The van der Waals surface area contributed by atoms with E-state index in [0.29, 0.717) is 6.54 Å². The minimum Gasteiger partial charge on any atom is -0.351 e. The predicted octanol–water partition coefficient (Wildman–Crippen LogP) is 3.90. The van der Waals surface area contributed by atoms with Crippen molar-refractivity contribution < 1.29 is 4.79 Å². The second-order valence-electron chi connectivity index (χ2n) is 7.30. The van der Waals surface area contributed by atoms with E-state index in [2.05, 4.69) is 34.0 Å². The first-order valence-electron chi connectivity index (χ1n) is 10.2. The number of benzene rings is 1. The molecule has 1 aliphatic rings. The summed E-state index contributed by atoms with van der Waals surface area (Å²) in [6.45, 7) is 4.45. The molecule has 0 bridgehead atoms. The summed E-state index contributed by atoms with van der Waals surface area (Å²) in [7, 11) is 0. The van der Waals surface area contributed by atoms with E-state index in [1.807, 2.05) is 48.8 Å². The highest BCUT2D eigenvalue weighted by molar-refractivity contribution is 5.81. The Balaban J connectivity index is 1.54. The van der Waals surface area contributed by atoms with E-state index in [0.717, 1.165) is 56.3 Å². The molecular weight excluding hydrogens is 346 g/mol. The van der Waals surface area contributed by atoms with Crippen LogP contribution in [0.15, 0.2) is 48.8 Å². The quantitative estimate of drug-likeness (QED) is 0.779. The average molecular weight is 376 g/mol. The Kier molecular flexibility index (Phi) is 7.63. The van der Waals surface area contributed by atoms with Gasteiger partial charge in [0.2, 0.25) is 5.91 Å². The van der Waals surface area contributed by atoms with E-state index in [4.69, 9.17) is 0 Å². The van der Waals surface area contributed by atoms with Crippen LogP contribution in [0.2, 0.25) is 0 Å². The standard InChI is InChI=1S/C24H29N3O/c1-2-3-4-7-20-9-11-21(12-10-20)18-26-24(28)23-8-5-6-17-27(23)19-22-13-15-25-16-14-22/h9-16,23H,2-3,5-6,8,17-19H2,1H3,(H,26,28). The van der Waals surface area contributed by atoms with Gasteiger partial charge in [0.05, 0.1) is 6.04 Å². The SMILES string of the molecule is CCCC#Cc1ccc(CNC(=O)C2CCCCN2Cc2ccncc2)cc1. The summed E-state index contributed by atoms with van der Waals surface area (Å²) in [5.41, 5.74) is 3.33. The highest BCUT2D eigenvalue weighted by atomic mass is 16.2. The molecule has 1 unspecified atom stereocenters. The van der Waals surface area contributed by atoms with E-state index in [-0.39, 0.29) is 11.9 Å². The van der Waals surface area contributed by atoms with Gasteiger partial charge in [0, 0.05) is 37.5 Å². The van der Waals surface area contributed by atoms with Crippen molar-refractivity contribution >= 4 is 5.91 Å². The summed E-state index contributed by atoms with van der Waals surface area (Å²) in [6, 6.07) is 12.1. The molecule has 3 rings (SSSR count). The van der Waals surface area contributed by atoms with E-state index in [1.165, 1.54) is 5.56 Å². The van der Waals surface area contributed by atoms with Gasteiger partial charge in [-0.3, -0.25) is 14.7 Å². The largest absolute Gasteiger partial charge is 0.351 e. The maximum absolute atomic E-state index is 12.8. The number of likely N-dealkylation sites (tertiary alicyclic amines) is 1. The summed E-state index contributed by atoms with van der Waals surface area (Å²) >= 11 is 0. The fourth-order valence-corrected chi connectivity index (χ4v) is 3.50. The van der Waals surface area contributed by atoms with Crippen LogP contribution < -0.4 is 5.32 Å². The first kappa shape index (κ1) is 20.1. The first-order valence-corrected chi connectivity index (χ1v) is 10.2. The number of aromatic nitrogens is 1. The number of nitrogens with zero attached hydrogens (tertiary/aromatic N) is 2. The van der Waals surface area contributed by atoms with Crippen LogP contribution in [0.25, 0.3) is 0 Å². The summed E-state index contributed by atoms with van der Waals surface area (Å²) < 4.78 is 0. The van der Waals surface area contributed by atoms with Crippen LogP contribution in [0.1, 0.15) is 55.7 Å². The molecule has 2 aromatic rings. The molecule has 2 heterocycles. The molecule has 1 amide bonds. The number of unbranched alkanes of at least 4 members (excludes halogenated alkanes) is 1. The summed E-state index contributed by atoms with van der Waals surface area (Å²) in [6.07, 6.45) is 8.80. The lowest BCUT2D eigenvalue weighted by Crippen LogP contribution is -2.48. The van der Waals surface area contributed by atoms with Gasteiger partial charge < -0.3 is 5.32 Å². The molecule has 1 aliphatic heterocycles. The Labute approximate surface area is 168 Å². The number of pyridine rings is 1. The number of carbonyl (C=O) groups is 1. The Morgan fingerprint density at radius 3 is 2.68 bits per heavy atom. The topological polar surface area (TPSA) is 45.2 Å². The molecule has 28 heavy (non-hydrogen) atoms. The number of piperidine rings is 1. The third-order valence-electron chi connectivity index (χ3n) is 5.08. The molecule has 1 aromatic heterocycles. The van der Waals surface area contributed by atoms with Crippen molar-refractivity contribution in [2.45, 2.75) is 58.2 Å². The van der Waals surface area contributed by atoms with Gasteiger partial charge in [-0.15, -0.1) is 0 Å². The van der Waals surface area contributed by atoms with Crippen molar-refractivity contribution in [1.82, 2.24) is 15.2 Å². The second kappa shape index (κ2) is 10.6. The lowest BCUT2D eigenvalue weighted by molar-refractivity contribution is -0.128. The van der Waals surface area contributed by atoms with E-state index in [1.54, 1.807) is 0 Å². The zero-order valence-corrected chi connectivity index (χ0v) is 16.7. The Morgan fingerprint density at radius 2 is 1.93 bits per heavy atom. The van der Waals surface area contributed by atoms with Gasteiger partial charge in [-0.25, -0.2) is 0 Å². The molecule has 4 nitrogen and oxygen atoms in total. The molecule has 0 aliphatic carbocycles. The Bertz CT molecular complexity index is 805. The lowest BCUT2D eigenvalue weighted by Gasteiger charge is -2.34. The molecule has 1 aromatic carbocycles. The lowest BCUT2D eigenvalue weighted by atomic mass is 10.0. The predicted molar refractivity (Wildman–Crippen MR) is 112 cm³/mol. The normalized spacial score (nSPS) is 16.8. The highest BCUT2D eigenvalue weighted by Gasteiger charge is 2.28. The van der Waals surface area contributed by atoms with E-state index >= 15 is 0 Å². The fourth-order valence-electron chi connectivity index (χ4n) is 3.50. The second-order valence-corrected chi connectivity index (χ2v) is 7.30. The van der Waals surface area contributed by atoms with Gasteiger partial charge in [-0.1, -0.05) is 37.3 Å². The van der Waals surface area contributed by atoms with Gasteiger partial charge >= 0.3 is 0 Å². The van der Waals surface area contributed by atoms with Crippen molar-refractivity contribution in [2.24, 2.45) is 0 Å².